The molecule has 2 atom stereocenters. The summed E-state index contributed by atoms with van der Waals surface area (Å²) in [6.45, 7) is 5.51. The Labute approximate surface area is 120 Å². The van der Waals surface area contributed by atoms with Crippen LogP contribution in [0.4, 0.5) is 0 Å². The molecule has 0 radical (unpaired) electrons. The number of benzene rings is 1. The number of hydrogen-bond donors (Lipinski definition) is 1. The first kappa shape index (κ1) is 14.2. The highest BCUT2D eigenvalue weighted by atomic mass is 35.5. The molecule has 3 heteroatoms. The van der Waals surface area contributed by atoms with E-state index in [1.165, 1.54) is 12.8 Å². The standard InChI is InChI=1S/C15H21Cl2N/c1-3-18-15(10(2)11-4-5-11)9-12-8-13(16)6-7-14(12)17/h6-8,10-11,15,18H,3-5,9H2,1-2H3. The van der Waals surface area contributed by atoms with Gasteiger partial charge in [0.1, 0.15) is 0 Å². The summed E-state index contributed by atoms with van der Waals surface area (Å²) in [6.07, 6.45) is 3.73. The van der Waals surface area contributed by atoms with Gasteiger partial charge in [0.05, 0.1) is 0 Å². The maximum Gasteiger partial charge on any atom is 0.0439 e. The summed E-state index contributed by atoms with van der Waals surface area (Å²) in [7, 11) is 0. The van der Waals surface area contributed by atoms with Gasteiger partial charge in [-0.25, -0.2) is 0 Å². The second-order valence-corrected chi connectivity index (χ2v) is 6.14. The molecule has 0 saturated heterocycles. The van der Waals surface area contributed by atoms with Crippen molar-refractivity contribution in [2.24, 2.45) is 11.8 Å². The van der Waals surface area contributed by atoms with Crippen LogP contribution in [0.15, 0.2) is 18.2 Å². The molecule has 1 N–H and O–H groups in total. The van der Waals surface area contributed by atoms with Crippen LogP contribution in [-0.4, -0.2) is 12.6 Å². The molecule has 18 heavy (non-hydrogen) atoms. The van der Waals surface area contributed by atoms with Crippen LogP contribution in [-0.2, 0) is 6.42 Å². The van der Waals surface area contributed by atoms with Gasteiger partial charge in [-0.2, -0.15) is 0 Å². The van der Waals surface area contributed by atoms with E-state index in [4.69, 9.17) is 23.2 Å². The SMILES string of the molecule is CCNC(Cc1cc(Cl)ccc1Cl)C(C)C1CC1. The first-order valence-corrected chi connectivity index (χ1v) is 7.54. The van der Waals surface area contributed by atoms with Gasteiger partial charge in [-0.05, 0) is 61.4 Å². The predicted octanol–water partition coefficient (Wildman–Crippen LogP) is 4.56. The highest BCUT2D eigenvalue weighted by Gasteiger charge is 2.33. The van der Waals surface area contributed by atoms with Gasteiger partial charge in [-0.15, -0.1) is 0 Å². The molecule has 1 saturated carbocycles. The van der Waals surface area contributed by atoms with Crippen molar-refractivity contribution in [1.82, 2.24) is 5.32 Å². The lowest BCUT2D eigenvalue weighted by molar-refractivity contribution is 0.344. The van der Waals surface area contributed by atoms with Crippen LogP contribution in [0.5, 0.6) is 0 Å². The van der Waals surface area contributed by atoms with Crippen LogP contribution in [0.3, 0.4) is 0 Å². The summed E-state index contributed by atoms with van der Waals surface area (Å²) in [4.78, 5) is 0. The van der Waals surface area contributed by atoms with Gasteiger partial charge in [0.2, 0.25) is 0 Å². The molecule has 0 aliphatic heterocycles. The van der Waals surface area contributed by atoms with Gasteiger partial charge in [0, 0.05) is 16.1 Å². The lowest BCUT2D eigenvalue weighted by Gasteiger charge is -2.25. The van der Waals surface area contributed by atoms with Gasteiger partial charge < -0.3 is 5.32 Å². The molecule has 2 unspecified atom stereocenters. The molecule has 2 rings (SSSR count). The normalized spacial score (nSPS) is 18.7. The van der Waals surface area contributed by atoms with E-state index in [0.717, 1.165) is 34.5 Å². The fraction of sp³-hybridized carbons (Fsp3) is 0.600. The maximum atomic E-state index is 6.25. The second-order valence-electron chi connectivity index (χ2n) is 5.30. The summed E-state index contributed by atoms with van der Waals surface area (Å²) in [5.41, 5.74) is 1.16. The van der Waals surface area contributed by atoms with Crippen molar-refractivity contribution < 1.29 is 0 Å². The lowest BCUT2D eigenvalue weighted by Crippen LogP contribution is -2.37. The minimum atomic E-state index is 0.499. The van der Waals surface area contributed by atoms with Crippen LogP contribution in [0.2, 0.25) is 10.0 Å². The Morgan fingerprint density at radius 2 is 2.06 bits per heavy atom. The Bertz CT molecular complexity index is 401. The molecule has 0 amide bonds. The van der Waals surface area contributed by atoms with Gasteiger partial charge in [0.15, 0.2) is 0 Å². The molecule has 1 aromatic rings. The van der Waals surface area contributed by atoms with Crippen molar-refractivity contribution in [2.75, 3.05) is 6.54 Å². The molecule has 1 aliphatic rings. The Morgan fingerprint density at radius 1 is 1.33 bits per heavy atom. The highest BCUT2D eigenvalue weighted by molar-refractivity contribution is 6.33. The second kappa shape index (κ2) is 6.27. The summed E-state index contributed by atoms with van der Waals surface area (Å²) < 4.78 is 0. The number of halogens is 2. The van der Waals surface area contributed by atoms with E-state index in [0.29, 0.717) is 12.0 Å². The van der Waals surface area contributed by atoms with E-state index >= 15 is 0 Å². The Morgan fingerprint density at radius 3 is 2.67 bits per heavy atom. The fourth-order valence-electron chi connectivity index (χ4n) is 2.59. The van der Waals surface area contributed by atoms with E-state index in [1.54, 1.807) is 0 Å². The fourth-order valence-corrected chi connectivity index (χ4v) is 2.98. The average Bonchev–Trinajstić information content (AvgIpc) is 3.16. The van der Waals surface area contributed by atoms with Crippen LogP contribution < -0.4 is 5.32 Å². The third kappa shape index (κ3) is 3.63. The van der Waals surface area contributed by atoms with Crippen LogP contribution >= 0.6 is 23.2 Å². The quantitative estimate of drug-likeness (QED) is 0.808. The zero-order valence-corrected chi connectivity index (χ0v) is 12.6. The van der Waals surface area contributed by atoms with Crippen molar-refractivity contribution in [3.8, 4) is 0 Å². The molecule has 0 aromatic heterocycles. The topological polar surface area (TPSA) is 12.0 Å². The highest BCUT2D eigenvalue weighted by Crippen LogP contribution is 2.39. The molecule has 0 heterocycles. The zero-order valence-electron chi connectivity index (χ0n) is 11.0. The Balaban J connectivity index is 2.09. The molecule has 1 nitrogen and oxygen atoms in total. The van der Waals surface area contributed by atoms with Crippen molar-refractivity contribution in [3.05, 3.63) is 33.8 Å². The Kier molecular flexibility index (Phi) is 4.94. The van der Waals surface area contributed by atoms with E-state index in [2.05, 4.69) is 19.2 Å². The maximum absolute atomic E-state index is 6.25. The molecule has 1 fully saturated rings. The molecule has 1 aromatic carbocycles. The largest absolute Gasteiger partial charge is 0.314 e. The third-order valence-corrected chi connectivity index (χ3v) is 4.52. The van der Waals surface area contributed by atoms with E-state index in [-0.39, 0.29) is 0 Å². The van der Waals surface area contributed by atoms with E-state index in [9.17, 15) is 0 Å². The summed E-state index contributed by atoms with van der Waals surface area (Å²) >= 11 is 12.3. The van der Waals surface area contributed by atoms with Crippen molar-refractivity contribution in [1.29, 1.82) is 0 Å². The first-order chi connectivity index (χ1) is 8.61. The smallest absolute Gasteiger partial charge is 0.0439 e. The number of nitrogens with one attached hydrogen (secondary N) is 1. The number of likely N-dealkylation sites (N-methyl/N-ethyl adjacent to an activating group) is 1. The van der Waals surface area contributed by atoms with Gasteiger partial charge in [-0.3, -0.25) is 0 Å². The summed E-state index contributed by atoms with van der Waals surface area (Å²) in [5.74, 6) is 1.60. The van der Waals surface area contributed by atoms with Crippen LogP contribution in [0, 0.1) is 11.8 Å². The van der Waals surface area contributed by atoms with Crippen molar-refractivity contribution in [2.45, 2.75) is 39.2 Å². The number of hydrogen-bond acceptors (Lipinski definition) is 1. The molecule has 100 valence electrons. The average molecular weight is 286 g/mol. The molecule has 1 aliphatic carbocycles. The zero-order chi connectivity index (χ0) is 13.1. The Hall–Kier alpha value is -0.240. The van der Waals surface area contributed by atoms with E-state index < -0.39 is 0 Å². The molecule has 0 spiro atoms. The monoisotopic (exact) mass is 285 g/mol. The predicted molar refractivity (Wildman–Crippen MR) is 79.5 cm³/mol. The molecule has 0 bridgehead atoms. The summed E-state index contributed by atoms with van der Waals surface area (Å²) in [5, 5.41) is 5.19. The number of rotatable bonds is 6. The van der Waals surface area contributed by atoms with Crippen molar-refractivity contribution >= 4 is 23.2 Å². The van der Waals surface area contributed by atoms with Gasteiger partial charge in [-0.1, -0.05) is 37.0 Å². The lowest BCUT2D eigenvalue weighted by atomic mass is 9.91. The molecular weight excluding hydrogens is 265 g/mol. The van der Waals surface area contributed by atoms with Crippen LogP contribution in [0.25, 0.3) is 0 Å². The summed E-state index contributed by atoms with van der Waals surface area (Å²) in [6, 6.07) is 6.23. The first-order valence-electron chi connectivity index (χ1n) is 6.79. The minimum Gasteiger partial charge on any atom is -0.314 e. The minimum absolute atomic E-state index is 0.499. The van der Waals surface area contributed by atoms with Gasteiger partial charge >= 0.3 is 0 Å². The molecular formula is C15H21Cl2N. The van der Waals surface area contributed by atoms with Crippen molar-refractivity contribution in [3.63, 3.8) is 0 Å². The third-order valence-electron chi connectivity index (χ3n) is 3.91. The van der Waals surface area contributed by atoms with Gasteiger partial charge in [0.25, 0.3) is 0 Å². The van der Waals surface area contributed by atoms with E-state index in [1.807, 2.05) is 18.2 Å². The van der Waals surface area contributed by atoms with Crippen LogP contribution in [0.1, 0.15) is 32.3 Å².